The first-order chi connectivity index (χ1) is 12.2. The molecular formula is C21H34ClN3O. The summed E-state index contributed by atoms with van der Waals surface area (Å²) in [7, 11) is 2.01. The lowest BCUT2D eigenvalue weighted by atomic mass is 9.69. The van der Waals surface area contributed by atoms with Crippen LogP contribution in [0.3, 0.4) is 0 Å². The molecule has 1 saturated heterocycles. The first-order valence-corrected chi connectivity index (χ1v) is 9.94. The van der Waals surface area contributed by atoms with Crippen LogP contribution in [-0.4, -0.2) is 50.1 Å². The van der Waals surface area contributed by atoms with Crippen LogP contribution in [0.2, 0.25) is 0 Å². The van der Waals surface area contributed by atoms with Gasteiger partial charge in [-0.15, -0.1) is 12.4 Å². The Balaban J connectivity index is 0.00000243. The van der Waals surface area contributed by atoms with E-state index in [1.165, 1.54) is 50.5 Å². The summed E-state index contributed by atoms with van der Waals surface area (Å²) in [6.45, 7) is 3.32. The fourth-order valence-corrected chi connectivity index (χ4v) is 4.55. The molecular weight excluding hydrogens is 346 g/mol. The maximum Gasteiger partial charge on any atom is 0.234 e. The molecule has 1 unspecified atom stereocenters. The maximum absolute atomic E-state index is 12.5. The van der Waals surface area contributed by atoms with Crippen molar-refractivity contribution in [2.24, 2.45) is 0 Å². The van der Waals surface area contributed by atoms with E-state index in [-0.39, 0.29) is 23.7 Å². The zero-order valence-electron chi connectivity index (χ0n) is 16.0. The van der Waals surface area contributed by atoms with Gasteiger partial charge in [-0.2, -0.15) is 0 Å². The van der Waals surface area contributed by atoms with E-state index in [9.17, 15) is 4.79 Å². The molecule has 2 fully saturated rings. The molecule has 3 rings (SSSR count). The third-order valence-electron chi connectivity index (χ3n) is 6.10. The highest BCUT2D eigenvalue weighted by atomic mass is 35.5. The van der Waals surface area contributed by atoms with Gasteiger partial charge in [0.15, 0.2) is 0 Å². The van der Waals surface area contributed by atoms with Crippen LogP contribution >= 0.6 is 12.4 Å². The van der Waals surface area contributed by atoms with Crippen molar-refractivity contribution in [3.8, 4) is 0 Å². The second kappa shape index (κ2) is 10.3. The minimum Gasteiger partial charge on any atom is -0.354 e. The summed E-state index contributed by atoms with van der Waals surface area (Å²) in [6, 6.07) is 11.3. The van der Waals surface area contributed by atoms with E-state index in [0.29, 0.717) is 12.6 Å². The molecule has 0 aromatic heterocycles. The molecule has 0 bridgehead atoms. The van der Waals surface area contributed by atoms with E-state index in [4.69, 9.17) is 0 Å². The number of carbonyl (C=O) groups is 1. The van der Waals surface area contributed by atoms with Crippen LogP contribution in [0, 0.1) is 0 Å². The van der Waals surface area contributed by atoms with Crippen molar-refractivity contribution in [3.05, 3.63) is 35.9 Å². The van der Waals surface area contributed by atoms with Crippen molar-refractivity contribution < 1.29 is 4.79 Å². The van der Waals surface area contributed by atoms with Gasteiger partial charge in [-0.3, -0.25) is 9.69 Å². The van der Waals surface area contributed by atoms with E-state index in [2.05, 4.69) is 45.9 Å². The van der Waals surface area contributed by atoms with Crippen LogP contribution in [0.1, 0.15) is 50.5 Å². The summed E-state index contributed by atoms with van der Waals surface area (Å²) in [4.78, 5) is 14.8. The molecule has 2 aliphatic rings. The third-order valence-corrected chi connectivity index (χ3v) is 6.10. The van der Waals surface area contributed by atoms with Crippen LogP contribution in [0.15, 0.2) is 30.3 Å². The average Bonchev–Trinajstić information content (AvgIpc) is 2.68. The fraction of sp³-hybridized carbons (Fsp3) is 0.667. The first-order valence-electron chi connectivity index (χ1n) is 9.94. The molecule has 1 heterocycles. The smallest absolute Gasteiger partial charge is 0.234 e. The Morgan fingerprint density at radius 2 is 1.88 bits per heavy atom. The SMILES string of the molecule is CNC1CCCN(CC(=O)NCC2(c3ccccc3)CCCCC2)C1.Cl. The Morgan fingerprint density at radius 1 is 1.15 bits per heavy atom. The minimum atomic E-state index is 0. The number of benzene rings is 1. The summed E-state index contributed by atoms with van der Waals surface area (Å²) in [5.74, 6) is 0.178. The number of amides is 1. The number of carbonyl (C=O) groups excluding carboxylic acids is 1. The number of piperidine rings is 1. The van der Waals surface area contributed by atoms with Crippen molar-refractivity contribution >= 4 is 18.3 Å². The van der Waals surface area contributed by atoms with Crippen LogP contribution in [0.4, 0.5) is 0 Å². The van der Waals surface area contributed by atoms with Gasteiger partial charge in [0, 0.05) is 24.5 Å². The Bertz CT molecular complexity index is 545. The summed E-state index contributed by atoms with van der Waals surface area (Å²) < 4.78 is 0. The number of halogens is 1. The molecule has 1 atom stereocenters. The van der Waals surface area contributed by atoms with E-state index >= 15 is 0 Å². The van der Waals surface area contributed by atoms with Crippen LogP contribution in [0.25, 0.3) is 0 Å². The highest BCUT2D eigenvalue weighted by Crippen LogP contribution is 2.38. The van der Waals surface area contributed by atoms with Crippen LogP contribution in [-0.2, 0) is 10.2 Å². The molecule has 2 N–H and O–H groups in total. The summed E-state index contributed by atoms with van der Waals surface area (Å²) in [5.41, 5.74) is 1.52. The fourth-order valence-electron chi connectivity index (χ4n) is 4.55. The normalized spacial score (nSPS) is 23.0. The minimum absolute atomic E-state index is 0. The Kier molecular flexibility index (Phi) is 8.39. The summed E-state index contributed by atoms with van der Waals surface area (Å²) >= 11 is 0. The van der Waals surface area contributed by atoms with Crippen molar-refractivity contribution in [1.29, 1.82) is 0 Å². The molecule has 0 radical (unpaired) electrons. The Hall–Kier alpha value is -1.10. The molecule has 4 nitrogen and oxygen atoms in total. The van der Waals surface area contributed by atoms with Gasteiger partial charge in [0.05, 0.1) is 6.54 Å². The Morgan fingerprint density at radius 3 is 2.58 bits per heavy atom. The molecule has 1 amide bonds. The molecule has 5 heteroatoms. The van der Waals surface area contributed by atoms with E-state index in [0.717, 1.165) is 19.6 Å². The molecule has 146 valence electrons. The number of nitrogens with zero attached hydrogens (tertiary/aromatic N) is 1. The van der Waals surface area contributed by atoms with Gasteiger partial charge in [-0.05, 0) is 44.8 Å². The lowest BCUT2D eigenvalue weighted by molar-refractivity contribution is -0.122. The van der Waals surface area contributed by atoms with Gasteiger partial charge in [-0.25, -0.2) is 0 Å². The maximum atomic E-state index is 12.5. The lowest BCUT2D eigenvalue weighted by Crippen LogP contribution is -2.49. The predicted molar refractivity (Wildman–Crippen MR) is 110 cm³/mol. The number of likely N-dealkylation sites (tertiary alicyclic amines) is 1. The van der Waals surface area contributed by atoms with Gasteiger partial charge >= 0.3 is 0 Å². The largest absolute Gasteiger partial charge is 0.354 e. The number of hydrogen-bond acceptors (Lipinski definition) is 3. The molecule has 1 aliphatic heterocycles. The predicted octanol–water partition coefficient (Wildman–Crippen LogP) is 3.11. The lowest BCUT2D eigenvalue weighted by Gasteiger charge is -2.38. The van der Waals surface area contributed by atoms with Crippen molar-refractivity contribution in [3.63, 3.8) is 0 Å². The van der Waals surface area contributed by atoms with E-state index in [1.54, 1.807) is 0 Å². The second-order valence-corrected chi connectivity index (χ2v) is 7.85. The van der Waals surface area contributed by atoms with Gasteiger partial charge in [-0.1, -0.05) is 49.6 Å². The number of hydrogen-bond donors (Lipinski definition) is 2. The third kappa shape index (κ3) is 5.45. The van der Waals surface area contributed by atoms with Crippen LogP contribution in [0.5, 0.6) is 0 Å². The Labute approximate surface area is 164 Å². The standard InChI is InChI=1S/C21H33N3O.ClH/c1-22-19-11-8-14-24(15-19)16-20(25)23-17-21(12-6-3-7-13-21)18-9-4-2-5-10-18;/h2,4-5,9-10,19,22H,3,6-8,11-17H2,1H3,(H,23,25);1H. The molecule has 1 aliphatic carbocycles. The highest BCUT2D eigenvalue weighted by Gasteiger charge is 2.34. The van der Waals surface area contributed by atoms with Gasteiger partial charge in [0.25, 0.3) is 0 Å². The monoisotopic (exact) mass is 379 g/mol. The quantitative estimate of drug-likeness (QED) is 0.798. The second-order valence-electron chi connectivity index (χ2n) is 7.85. The van der Waals surface area contributed by atoms with Crippen molar-refractivity contribution in [1.82, 2.24) is 15.5 Å². The number of rotatable bonds is 6. The highest BCUT2D eigenvalue weighted by molar-refractivity contribution is 5.85. The molecule has 1 aromatic carbocycles. The summed E-state index contributed by atoms with van der Waals surface area (Å²) in [5, 5.41) is 6.62. The zero-order chi connectivity index (χ0) is 17.5. The van der Waals surface area contributed by atoms with Gasteiger partial charge in [0.2, 0.25) is 5.91 Å². The van der Waals surface area contributed by atoms with Crippen molar-refractivity contribution in [2.75, 3.05) is 33.2 Å². The summed E-state index contributed by atoms with van der Waals surface area (Å²) in [6.07, 6.45) is 8.60. The van der Waals surface area contributed by atoms with Gasteiger partial charge in [0.1, 0.15) is 0 Å². The molecule has 26 heavy (non-hydrogen) atoms. The molecule has 1 saturated carbocycles. The van der Waals surface area contributed by atoms with Gasteiger partial charge < -0.3 is 10.6 Å². The number of likely N-dealkylation sites (N-methyl/N-ethyl adjacent to an activating group) is 1. The van der Waals surface area contributed by atoms with E-state index < -0.39 is 0 Å². The molecule has 0 spiro atoms. The van der Waals surface area contributed by atoms with Crippen molar-refractivity contribution in [2.45, 2.75) is 56.4 Å². The molecule has 1 aromatic rings. The first kappa shape index (κ1) is 21.2. The van der Waals surface area contributed by atoms with E-state index in [1.807, 2.05) is 7.05 Å². The van der Waals surface area contributed by atoms with Crippen LogP contribution < -0.4 is 10.6 Å². The zero-order valence-corrected chi connectivity index (χ0v) is 16.8. The topological polar surface area (TPSA) is 44.4 Å². The average molecular weight is 380 g/mol. The number of nitrogens with one attached hydrogen (secondary N) is 2.